The molecule has 53 heavy (non-hydrogen) atoms. The highest BCUT2D eigenvalue weighted by Gasteiger charge is 2.23. The fourth-order valence-corrected chi connectivity index (χ4v) is 7.53. The van der Waals surface area contributed by atoms with Gasteiger partial charge in [-0.1, -0.05) is 72.8 Å². The molecule has 8 bridgehead atoms. The molecule has 0 aliphatic heterocycles. The number of rotatable bonds is 12. The zero-order chi connectivity index (χ0) is 38.3. The Kier molecular flexibility index (Phi) is 12.1. The number of para-hydroxylation sites is 3. The number of benzene rings is 4. The van der Waals surface area contributed by atoms with E-state index in [-0.39, 0.29) is 0 Å². The van der Waals surface area contributed by atoms with Crippen molar-refractivity contribution in [2.75, 3.05) is 39.9 Å². The number of allylic oxidation sites excluding steroid dienone is 1. The average Bonchev–Trinajstić information content (AvgIpc) is 3.06. The van der Waals surface area contributed by atoms with E-state index in [2.05, 4.69) is 6.58 Å². The molecule has 0 unspecified atom stereocenters. The highest BCUT2D eigenvalue weighted by Crippen LogP contribution is 2.39. The largest absolute Gasteiger partial charge is 0.496 e. The molecule has 0 aromatic heterocycles. The molecule has 2 N–H and O–H groups in total. The summed E-state index contributed by atoms with van der Waals surface area (Å²) in [6.45, 7) is 2.86. The van der Waals surface area contributed by atoms with E-state index >= 15 is 0 Å². The van der Waals surface area contributed by atoms with Crippen LogP contribution in [0, 0.1) is 0 Å². The summed E-state index contributed by atoms with van der Waals surface area (Å²) in [6, 6.07) is 21.2. The molecule has 5 rings (SSSR count). The van der Waals surface area contributed by atoms with E-state index in [0.717, 1.165) is 62.6 Å². The molecule has 0 atom stereocenters. The Labute approximate surface area is 310 Å². The maximum atomic E-state index is 12.7. The summed E-state index contributed by atoms with van der Waals surface area (Å²) < 4.78 is 75.4. The third kappa shape index (κ3) is 10.2. The van der Waals surface area contributed by atoms with Crippen LogP contribution in [0.3, 0.4) is 0 Å². The number of sulfonamides is 2. The Hall–Kier alpha value is -5.34. The molecular weight excluding hydrogens is 721 g/mol. The average molecular weight is 763 g/mol. The van der Waals surface area contributed by atoms with E-state index in [0.29, 0.717) is 55.1 Å². The van der Waals surface area contributed by atoms with Crippen LogP contribution in [0.2, 0.25) is 0 Å². The fraction of sp³-hybridized carbons (Fsp3) is 0.282. The normalized spacial score (nSPS) is 12.6. The highest BCUT2D eigenvalue weighted by molar-refractivity contribution is 7.89. The van der Waals surface area contributed by atoms with Gasteiger partial charge in [-0.25, -0.2) is 16.8 Å². The van der Waals surface area contributed by atoms with Crippen LogP contribution in [-0.4, -0.2) is 68.6 Å². The fourth-order valence-electron chi connectivity index (χ4n) is 6.59. The van der Waals surface area contributed by atoms with Gasteiger partial charge < -0.3 is 18.9 Å². The van der Waals surface area contributed by atoms with Gasteiger partial charge in [-0.2, -0.15) is 0 Å². The molecule has 12 nitrogen and oxygen atoms in total. The maximum absolute atomic E-state index is 12.7. The summed E-state index contributed by atoms with van der Waals surface area (Å²) in [5.74, 6) is 0.461. The topological polar surface area (TPSA) is 163 Å². The van der Waals surface area contributed by atoms with Gasteiger partial charge >= 0.3 is 0 Å². The number of carbonyl (C=O) groups is 2. The Morgan fingerprint density at radius 1 is 0.604 bits per heavy atom. The Bertz CT molecular complexity index is 2170. The molecule has 0 radical (unpaired) electrons. The molecule has 280 valence electrons. The van der Waals surface area contributed by atoms with Crippen molar-refractivity contribution < 1.29 is 45.4 Å². The lowest BCUT2D eigenvalue weighted by atomic mass is 9.90. The first-order valence-electron chi connectivity index (χ1n) is 16.6. The number of hydrogen-bond donors (Lipinski definition) is 2. The van der Waals surface area contributed by atoms with Crippen LogP contribution in [0.15, 0.2) is 79.4 Å². The summed E-state index contributed by atoms with van der Waals surface area (Å²) in [6.07, 6.45) is 5.48. The summed E-state index contributed by atoms with van der Waals surface area (Å²) in [7, 11) is -4.44. The van der Waals surface area contributed by atoms with Gasteiger partial charge in [-0.15, -0.1) is 6.58 Å². The van der Waals surface area contributed by atoms with Crippen LogP contribution in [0.1, 0.15) is 50.1 Å². The molecule has 0 saturated heterocycles. The SMILES string of the molecule is C=CCc1cc2c(OCC(=O)NS(C)(=O)=O)c(c1)Cc1cccc(c1OC)Cc1cccc(c1OCC(=O)NS(C)(=O)=O)Cc1cccc(c1OC)C2. The quantitative estimate of drug-likeness (QED) is 0.178. The highest BCUT2D eigenvalue weighted by atomic mass is 32.2. The second kappa shape index (κ2) is 16.6. The predicted molar refractivity (Wildman–Crippen MR) is 201 cm³/mol. The lowest BCUT2D eigenvalue weighted by molar-refractivity contribution is -0.122. The maximum Gasteiger partial charge on any atom is 0.271 e. The van der Waals surface area contributed by atoms with Crippen LogP contribution in [-0.2, 0) is 61.7 Å². The van der Waals surface area contributed by atoms with Gasteiger partial charge in [-0.3, -0.25) is 19.0 Å². The lowest BCUT2D eigenvalue weighted by Gasteiger charge is -2.22. The Morgan fingerprint density at radius 2 is 0.925 bits per heavy atom. The molecule has 0 saturated carbocycles. The van der Waals surface area contributed by atoms with Crippen molar-refractivity contribution >= 4 is 31.9 Å². The van der Waals surface area contributed by atoms with Crippen molar-refractivity contribution in [3.8, 4) is 23.0 Å². The van der Waals surface area contributed by atoms with Gasteiger partial charge in [0.1, 0.15) is 23.0 Å². The van der Waals surface area contributed by atoms with E-state index in [9.17, 15) is 26.4 Å². The van der Waals surface area contributed by atoms with Crippen molar-refractivity contribution in [3.63, 3.8) is 0 Å². The van der Waals surface area contributed by atoms with Crippen molar-refractivity contribution in [2.24, 2.45) is 0 Å². The minimum absolute atomic E-state index is 0.324. The van der Waals surface area contributed by atoms with Crippen molar-refractivity contribution in [3.05, 3.63) is 129 Å². The van der Waals surface area contributed by atoms with E-state index < -0.39 is 45.1 Å². The van der Waals surface area contributed by atoms with Gasteiger partial charge in [0.15, 0.2) is 13.2 Å². The summed E-state index contributed by atoms with van der Waals surface area (Å²) >= 11 is 0. The summed E-state index contributed by atoms with van der Waals surface area (Å²) in [4.78, 5) is 25.2. The summed E-state index contributed by atoms with van der Waals surface area (Å²) in [5.41, 5.74) is 7.19. The van der Waals surface area contributed by atoms with Gasteiger partial charge in [0.05, 0.1) is 26.7 Å². The van der Waals surface area contributed by atoms with Crippen LogP contribution in [0.5, 0.6) is 23.0 Å². The van der Waals surface area contributed by atoms with Crippen LogP contribution < -0.4 is 28.4 Å². The molecule has 4 aromatic carbocycles. The van der Waals surface area contributed by atoms with Crippen LogP contribution in [0.25, 0.3) is 0 Å². The molecule has 0 spiro atoms. The third-order valence-electron chi connectivity index (χ3n) is 8.44. The number of amides is 2. The first-order chi connectivity index (χ1) is 25.2. The lowest BCUT2D eigenvalue weighted by Crippen LogP contribution is -2.33. The third-order valence-corrected chi connectivity index (χ3v) is 9.64. The molecule has 0 heterocycles. The molecule has 1 aliphatic rings. The van der Waals surface area contributed by atoms with E-state index in [1.54, 1.807) is 20.3 Å². The zero-order valence-electron chi connectivity index (χ0n) is 30.0. The smallest absolute Gasteiger partial charge is 0.271 e. The Morgan fingerprint density at radius 3 is 1.25 bits per heavy atom. The van der Waals surface area contributed by atoms with E-state index in [1.807, 2.05) is 76.2 Å². The Balaban J connectivity index is 1.71. The number of carbonyl (C=O) groups excluding carboxylic acids is 2. The van der Waals surface area contributed by atoms with E-state index in [4.69, 9.17) is 18.9 Å². The van der Waals surface area contributed by atoms with Crippen LogP contribution >= 0.6 is 0 Å². The van der Waals surface area contributed by atoms with Crippen molar-refractivity contribution in [2.45, 2.75) is 32.1 Å². The molecule has 2 amide bonds. The van der Waals surface area contributed by atoms with Crippen molar-refractivity contribution in [1.29, 1.82) is 0 Å². The number of nitrogens with one attached hydrogen (secondary N) is 2. The predicted octanol–water partition coefficient (Wildman–Crippen LogP) is 4.02. The second-order valence-electron chi connectivity index (χ2n) is 12.7. The first kappa shape index (κ1) is 38.9. The van der Waals surface area contributed by atoms with Crippen molar-refractivity contribution in [1.82, 2.24) is 9.44 Å². The first-order valence-corrected chi connectivity index (χ1v) is 20.4. The monoisotopic (exact) mass is 762 g/mol. The molecular formula is C39H42N2O10S2. The van der Waals surface area contributed by atoms with Gasteiger partial charge in [0.25, 0.3) is 11.8 Å². The number of hydrogen-bond acceptors (Lipinski definition) is 10. The number of fused-ring (bicyclic) bond motifs is 8. The number of methoxy groups -OCH3 is 2. The second-order valence-corrected chi connectivity index (χ2v) is 16.2. The number of ether oxygens (including phenoxy) is 4. The standard InChI is InChI=1S/C39H42N2O10S2/c1-6-10-25-17-32-21-28-13-7-11-26(36(28)48-2)19-30-15-9-16-31(38(30)50-23-34(42)40-52(4,44)45)20-27-12-8-14-29(37(27)49-3)22-33(18-25)39(32)51-24-35(43)41-53(5,46)47/h6-9,11-18H,1,10,19-24H2,2-5H3,(H,40,42)(H,41,43). The molecule has 4 aromatic rings. The zero-order valence-corrected chi connectivity index (χ0v) is 31.6. The summed E-state index contributed by atoms with van der Waals surface area (Å²) in [5, 5.41) is 0. The minimum atomic E-state index is -3.81. The molecule has 0 fully saturated rings. The van der Waals surface area contributed by atoms with Gasteiger partial charge in [0.2, 0.25) is 20.0 Å². The molecule has 14 heteroatoms. The van der Waals surface area contributed by atoms with E-state index in [1.165, 1.54) is 0 Å². The molecule has 1 aliphatic carbocycles. The van der Waals surface area contributed by atoms with Gasteiger partial charge in [0, 0.05) is 25.7 Å². The minimum Gasteiger partial charge on any atom is -0.496 e. The van der Waals surface area contributed by atoms with Gasteiger partial charge in [-0.05, 0) is 56.5 Å². The van der Waals surface area contributed by atoms with Crippen LogP contribution in [0.4, 0.5) is 0 Å².